The van der Waals surface area contributed by atoms with Gasteiger partial charge in [0.15, 0.2) is 11.6 Å². The highest BCUT2D eigenvalue weighted by Crippen LogP contribution is 2.36. The van der Waals surface area contributed by atoms with Crippen LogP contribution in [0.5, 0.6) is 0 Å². The van der Waals surface area contributed by atoms with E-state index in [-0.39, 0.29) is 40.1 Å². The molecule has 0 aliphatic rings. The maximum Gasteiger partial charge on any atom is 0.238 e. The van der Waals surface area contributed by atoms with Crippen molar-refractivity contribution in [2.24, 2.45) is 0 Å². The normalized spacial score (nSPS) is 13.8. The molecule has 0 saturated carbocycles. The molecule has 2 aromatic heterocycles. The van der Waals surface area contributed by atoms with Crippen molar-refractivity contribution in [3.63, 3.8) is 0 Å². The van der Waals surface area contributed by atoms with Crippen molar-refractivity contribution in [2.45, 2.75) is 0 Å². The summed E-state index contributed by atoms with van der Waals surface area (Å²) in [5.74, 6) is 0.666. The maximum atomic E-state index is 9.18. The average Bonchev–Trinajstić information content (AvgIpc) is 3.61. The molecule has 4 nitrogen and oxygen atoms in total. The van der Waals surface area contributed by atoms with Crippen LogP contribution >= 0.6 is 0 Å². The number of nitrogens with zero attached hydrogens (tertiary/aromatic N) is 4. The molecule has 0 atom stereocenters. The van der Waals surface area contributed by atoms with Crippen molar-refractivity contribution in [3.8, 4) is 62.1 Å². The quantitative estimate of drug-likeness (QED) is 0.183. The molecule has 0 fully saturated rings. The van der Waals surface area contributed by atoms with Gasteiger partial charge in [0.25, 0.3) is 0 Å². The van der Waals surface area contributed by atoms with Gasteiger partial charge < -0.3 is 0 Å². The largest absolute Gasteiger partial charge is 0.278 e. The van der Waals surface area contributed by atoms with Gasteiger partial charge in [-0.2, -0.15) is 9.97 Å². The fourth-order valence-corrected chi connectivity index (χ4v) is 6.14. The van der Waals surface area contributed by atoms with Crippen molar-refractivity contribution in [2.75, 3.05) is 0 Å². The molecule has 0 unspecified atom stereocenters. The van der Waals surface area contributed by atoms with Crippen LogP contribution in [0.15, 0.2) is 182 Å². The third-order valence-corrected chi connectivity index (χ3v) is 8.45. The van der Waals surface area contributed by atoms with Gasteiger partial charge in [-0.3, -0.25) is 4.57 Å². The molecule has 0 bridgehead atoms. The summed E-state index contributed by atoms with van der Waals surface area (Å²) in [5.41, 5.74) is 5.87. The van der Waals surface area contributed by atoms with Crippen molar-refractivity contribution < 1.29 is 12.3 Å². The summed E-state index contributed by atoms with van der Waals surface area (Å²) < 4.78 is 79.3. The zero-order chi connectivity index (χ0) is 40.4. The van der Waals surface area contributed by atoms with E-state index in [1.165, 1.54) is 0 Å². The van der Waals surface area contributed by atoms with E-state index < -0.39 is 42.3 Å². The topological polar surface area (TPSA) is 43.6 Å². The van der Waals surface area contributed by atoms with Crippen LogP contribution in [0, 0.1) is 0 Å². The molecule has 4 heteroatoms. The molecular formula is C45H30N4. The Labute approximate surface area is 297 Å². The monoisotopic (exact) mass is 635 g/mol. The van der Waals surface area contributed by atoms with Crippen LogP contribution in [0.4, 0.5) is 0 Å². The van der Waals surface area contributed by atoms with E-state index in [4.69, 9.17) is 25.9 Å². The van der Waals surface area contributed by atoms with E-state index in [0.29, 0.717) is 33.7 Å². The fourth-order valence-electron chi connectivity index (χ4n) is 6.14. The Hall–Kier alpha value is -6.65. The van der Waals surface area contributed by atoms with E-state index in [1.54, 1.807) is 22.8 Å². The summed E-state index contributed by atoms with van der Waals surface area (Å²) in [4.78, 5) is 15.0. The summed E-state index contributed by atoms with van der Waals surface area (Å²) in [6, 6.07) is 36.5. The highest BCUT2D eigenvalue weighted by molar-refractivity contribution is 6.10. The predicted octanol–water partition coefficient (Wildman–Crippen LogP) is 11.3. The minimum Gasteiger partial charge on any atom is -0.278 e. The van der Waals surface area contributed by atoms with Gasteiger partial charge in [-0.15, -0.1) is 0 Å². The number of para-hydroxylation sites is 1. The van der Waals surface area contributed by atoms with E-state index in [2.05, 4.69) is 6.07 Å². The lowest BCUT2D eigenvalue weighted by molar-refractivity contribution is 0.953. The SMILES string of the molecule is [2H]c1c([2H])c([2H])c(-c2ccc3c4c([2H])c([2H])c([2H])c([2H])c4n(-c4nc(-c5ccccc5)nc(-c5cc(-c6ccccc6)cc(-c6ccccc6)c5)n4)c3c2)c([2H])c1[2H]. The number of benzene rings is 7. The van der Waals surface area contributed by atoms with Crippen LogP contribution in [0.25, 0.3) is 83.9 Å². The molecule has 7 aromatic carbocycles. The third-order valence-electron chi connectivity index (χ3n) is 8.45. The summed E-state index contributed by atoms with van der Waals surface area (Å²) in [6.45, 7) is 0. The summed E-state index contributed by atoms with van der Waals surface area (Å²) in [7, 11) is 0. The molecule has 0 spiro atoms. The Kier molecular flexibility index (Phi) is 5.11. The first-order valence-electron chi connectivity index (χ1n) is 20.2. The highest BCUT2D eigenvalue weighted by atomic mass is 15.2. The van der Waals surface area contributed by atoms with Crippen LogP contribution in [-0.2, 0) is 0 Å². The highest BCUT2D eigenvalue weighted by Gasteiger charge is 2.19. The predicted molar refractivity (Wildman–Crippen MR) is 201 cm³/mol. The Bertz CT molecular complexity index is 3010. The average molecular weight is 636 g/mol. The van der Waals surface area contributed by atoms with Crippen LogP contribution in [0.3, 0.4) is 0 Å². The van der Waals surface area contributed by atoms with Crippen LogP contribution in [0.2, 0.25) is 0 Å². The first-order valence-corrected chi connectivity index (χ1v) is 15.7. The number of hydrogen-bond acceptors (Lipinski definition) is 3. The molecule has 0 radical (unpaired) electrons. The molecule has 49 heavy (non-hydrogen) atoms. The lowest BCUT2D eigenvalue weighted by atomic mass is 9.96. The van der Waals surface area contributed by atoms with Gasteiger partial charge in [-0.1, -0.05) is 151 Å². The number of fused-ring (bicyclic) bond motifs is 3. The molecule has 9 aromatic rings. The van der Waals surface area contributed by atoms with Gasteiger partial charge >= 0.3 is 0 Å². The molecule has 0 aliphatic heterocycles. The molecule has 0 saturated heterocycles. The second-order valence-electron chi connectivity index (χ2n) is 11.5. The maximum absolute atomic E-state index is 9.18. The first kappa shape index (κ1) is 20.6. The Morgan fingerprint density at radius 2 is 0.918 bits per heavy atom. The summed E-state index contributed by atoms with van der Waals surface area (Å²) in [5, 5.41) is 0.646. The second kappa shape index (κ2) is 12.2. The molecule has 2 heterocycles. The fraction of sp³-hybridized carbons (Fsp3) is 0. The van der Waals surface area contributed by atoms with Gasteiger partial charge in [-0.25, -0.2) is 4.98 Å². The van der Waals surface area contributed by atoms with Gasteiger partial charge in [0, 0.05) is 21.9 Å². The standard InChI is InChI=1S/C45H30N4/c1-5-15-31(16-6-1)35-25-26-40-39-23-13-14-24-41(39)49(42(40)30-35)45-47-43(34-21-11-4-12-22-34)46-44(48-45)38-28-36(32-17-7-2-8-18-32)27-37(29-38)33-19-9-3-10-20-33/h1-30H/i1D,5D,6D,13D,14D,15D,16D,23D,24D. The lowest BCUT2D eigenvalue weighted by Gasteiger charge is -2.13. The molecule has 0 aliphatic carbocycles. The summed E-state index contributed by atoms with van der Waals surface area (Å²) >= 11 is 0. The molecule has 9 rings (SSSR count). The zero-order valence-electron chi connectivity index (χ0n) is 34.9. The van der Waals surface area contributed by atoms with E-state index in [0.717, 1.165) is 22.3 Å². The smallest absolute Gasteiger partial charge is 0.238 e. The lowest BCUT2D eigenvalue weighted by Crippen LogP contribution is -2.06. The van der Waals surface area contributed by atoms with Gasteiger partial charge in [0.2, 0.25) is 5.95 Å². The molecular weight excluding hydrogens is 597 g/mol. The Morgan fingerprint density at radius 3 is 1.57 bits per heavy atom. The molecule has 0 amide bonds. The second-order valence-corrected chi connectivity index (χ2v) is 11.5. The van der Waals surface area contributed by atoms with Gasteiger partial charge in [-0.05, 0) is 63.7 Å². The van der Waals surface area contributed by atoms with Crippen LogP contribution in [-0.4, -0.2) is 19.5 Å². The summed E-state index contributed by atoms with van der Waals surface area (Å²) in [6.07, 6.45) is 0. The first-order chi connectivity index (χ1) is 28.0. The Morgan fingerprint density at radius 1 is 0.367 bits per heavy atom. The van der Waals surface area contributed by atoms with E-state index in [9.17, 15) is 1.37 Å². The number of hydrogen-bond donors (Lipinski definition) is 0. The molecule has 230 valence electrons. The molecule has 0 N–H and O–H groups in total. The van der Waals surface area contributed by atoms with Crippen molar-refractivity contribution in [3.05, 3.63) is 182 Å². The number of aromatic nitrogens is 4. The number of rotatable bonds is 6. The van der Waals surface area contributed by atoms with Crippen LogP contribution in [0.1, 0.15) is 12.3 Å². The van der Waals surface area contributed by atoms with E-state index in [1.807, 2.05) is 103 Å². The van der Waals surface area contributed by atoms with Crippen molar-refractivity contribution in [1.29, 1.82) is 0 Å². The van der Waals surface area contributed by atoms with E-state index >= 15 is 0 Å². The van der Waals surface area contributed by atoms with Gasteiger partial charge in [0.1, 0.15) is 0 Å². The minimum atomic E-state index is -0.518. The van der Waals surface area contributed by atoms with Crippen LogP contribution < -0.4 is 0 Å². The minimum absolute atomic E-state index is 0.0308. The Balaban J connectivity index is 1.39. The third kappa shape index (κ3) is 5.35. The van der Waals surface area contributed by atoms with Crippen molar-refractivity contribution >= 4 is 21.8 Å². The van der Waals surface area contributed by atoms with Crippen molar-refractivity contribution in [1.82, 2.24) is 19.5 Å². The van der Waals surface area contributed by atoms with Gasteiger partial charge in [0.05, 0.1) is 23.4 Å². The zero-order valence-corrected chi connectivity index (χ0v) is 25.9.